The lowest BCUT2D eigenvalue weighted by molar-refractivity contribution is 0.304. The zero-order valence-corrected chi connectivity index (χ0v) is 11.8. The molecule has 4 heteroatoms. The summed E-state index contributed by atoms with van der Waals surface area (Å²) in [6.07, 6.45) is 0. The van der Waals surface area contributed by atoms with Gasteiger partial charge in [-0.1, -0.05) is 27.7 Å². The highest BCUT2D eigenvalue weighted by Gasteiger charge is 2.17. The smallest absolute Gasteiger partial charge is 0.242 e. The molecule has 1 N–H and O–H groups in total. The van der Waals surface area contributed by atoms with Crippen LogP contribution in [0, 0.1) is 31.6 Å². The lowest BCUT2D eigenvalue weighted by Crippen LogP contribution is -2.25. The third kappa shape index (κ3) is 3.95. The molecule has 0 saturated heterocycles. The van der Waals surface area contributed by atoms with Gasteiger partial charge in [-0.2, -0.15) is 5.10 Å². The molecule has 0 aliphatic heterocycles. The molecule has 0 unspecified atom stereocenters. The Hall–Kier alpha value is -1.19. The van der Waals surface area contributed by atoms with Gasteiger partial charge < -0.3 is 5.32 Å². The summed E-state index contributed by atoms with van der Waals surface area (Å²) >= 11 is 0. The molecule has 0 amide bonds. The van der Waals surface area contributed by atoms with Crippen molar-refractivity contribution < 1.29 is 0 Å². The molecule has 4 nitrogen and oxygen atoms in total. The molecule has 0 spiro atoms. The molecule has 0 atom stereocenters. The van der Waals surface area contributed by atoms with E-state index < -0.39 is 0 Å². The molecular formula is C13H24N4. The van der Waals surface area contributed by atoms with E-state index in [0.29, 0.717) is 23.7 Å². The summed E-state index contributed by atoms with van der Waals surface area (Å²) in [7, 11) is 0. The summed E-state index contributed by atoms with van der Waals surface area (Å²) in [6.45, 7) is 13.8. The van der Waals surface area contributed by atoms with Crippen molar-refractivity contribution >= 4 is 5.95 Å². The molecule has 1 aromatic rings. The largest absolute Gasteiger partial charge is 0.353 e. The van der Waals surface area contributed by atoms with Crippen LogP contribution in [0.15, 0.2) is 0 Å². The number of hydrogen-bond acceptors (Lipinski definition) is 4. The van der Waals surface area contributed by atoms with Gasteiger partial charge in [-0.3, -0.25) is 0 Å². The molecule has 96 valence electrons. The van der Waals surface area contributed by atoms with Gasteiger partial charge in [-0.15, -0.1) is 5.10 Å². The normalized spacial score (nSPS) is 11.6. The Balaban J connectivity index is 2.62. The van der Waals surface area contributed by atoms with Gasteiger partial charge in [0.15, 0.2) is 0 Å². The zero-order valence-electron chi connectivity index (χ0n) is 11.8. The Bertz CT molecular complexity index is 352. The quantitative estimate of drug-likeness (QED) is 0.854. The Morgan fingerprint density at radius 1 is 0.941 bits per heavy atom. The van der Waals surface area contributed by atoms with E-state index in [2.05, 4.69) is 48.2 Å². The van der Waals surface area contributed by atoms with E-state index in [1.165, 1.54) is 0 Å². The van der Waals surface area contributed by atoms with Gasteiger partial charge in [0.05, 0.1) is 11.4 Å². The first-order chi connectivity index (χ1) is 7.91. The first-order valence-electron chi connectivity index (χ1n) is 6.33. The second kappa shape index (κ2) is 5.94. The summed E-state index contributed by atoms with van der Waals surface area (Å²) in [4.78, 5) is 4.38. The minimum absolute atomic E-state index is 0.625. The molecule has 1 heterocycles. The van der Waals surface area contributed by atoms with Crippen LogP contribution in [0.5, 0.6) is 0 Å². The standard InChI is InChI=1S/C13H24N4/c1-8(2)12(9(3)4)7-14-13-15-10(5)11(6)16-17-13/h8-9,12H,7H2,1-6H3,(H,14,15,17). The number of nitrogens with zero attached hydrogens (tertiary/aromatic N) is 3. The molecule has 0 aliphatic carbocycles. The predicted octanol–water partition coefficient (Wildman–Crippen LogP) is 2.83. The van der Waals surface area contributed by atoms with Gasteiger partial charge in [-0.25, -0.2) is 4.98 Å². The van der Waals surface area contributed by atoms with Gasteiger partial charge in [-0.05, 0) is 31.6 Å². The van der Waals surface area contributed by atoms with Gasteiger partial charge >= 0.3 is 0 Å². The Morgan fingerprint density at radius 2 is 1.53 bits per heavy atom. The maximum absolute atomic E-state index is 4.38. The van der Waals surface area contributed by atoms with E-state index in [4.69, 9.17) is 0 Å². The van der Waals surface area contributed by atoms with Crippen LogP contribution < -0.4 is 5.32 Å². The first kappa shape index (κ1) is 13.9. The van der Waals surface area contributed by atoms with Crippen LogP contribution >= 0.6 is 0 Å². The Kier molecular flexibility index (Phi) is 4.85. The molecule has 0 saturated carbocycles. The second-order valence-corrected chi connectivity index (χ2v) is 5.34. The van der Waals surface area contributed by atoms with Crippen molar-refractivity contribution in [2.45, 2.75) is 41.5 Å². The molecule has 1 rings (SSSR count). The van der Waals surface area contributed by atoms with Crippen LogP contribution in [-0.4, -0.2) is 21.7 Å². The van der Waals surface area contributed by atoms with E-state index >= 15 is 0 Å². The highest BCUT2D eigenvalue weighted by molar-refractivity contribution is 5.24. The van der Waals surface area contributed by atoms with Gasteiger partial charge in [0.1, 0.15) is 0 Å². The van der Waals surface area contributed by atoms with Crippen LogP contribution in [0.2, 0.25) is 0 Å². The van der Waals surface area contributed by atoms with E-state index in [-0.39, 0.29) is 0 Å². The van der Waals surface area contributed by atoms with Crippen molar-refractivity contribution in [1.82, 2.24) is 15.2 Å². The molecule has 0 fully saturated rings. The number of hydrogen-bond donors (Lipinski definition) is 1. The SMILES string of the molecule is Cc1nnc(NCC(C(C)C)C(C)C)nc1C. The molecule has 0 aliphatic rings. The van der Waals surface area contributed by atoms with Crippen molar-refractivity contribution in [3.05, 3.63) is 11.4 Å². The number of rotatable bonds is 5. The molecular weight excluding hydrogens is 212 g/mol. The van der Waals surface area contributed by atoms with E-state index in [0.717, 1.165) is 17.9 Å². The molecule has 1 aromatic heterocycles. The van der Waals surface area contributed by atoms with Crippen molar-refractivity contribution in [3.8, 4) is 0 Å². The molecule has 17 heavy (non-hydrogen) atoms. The first-order valence-corrected chi connectivity index (χ1v) is 6.33. The van der Waals surface area contributed by atoms with Gasteiger partial charge in [0.25, 0.3) is 0 Å². The van der Waals surface area contributed by atoms with Gasteiger partial charge in [0, 0.05) is 6.54 Å². The van der Waals surface area contributed by atoms with Crippen LogP contribution in [-0.2, 0) is 0 Å². The average molecular weight is 236 g/mol. The molecule has 0 aromatic carbocycles. The average Bonchev–Trinajstić information content (AvgIpc) is 2.22. The monoisotopic (exact) mass is 236 g/mol. The third-order valence-electron chi connectivity index (χ3n) is 3.30. The number of nitrogens with one attached hydrogen (secondary N) is 1. The van der Waals surface area contributed by atoms with Crippen LogP contribution in [0.25, 0.3) is 0 Å². The lowest BCUT2D eigenvalue weighted by Gasteiger charge is -2.24. The highest BCUT2D eigenvalue weighted by Crippen LogP contribution is 2.20. The van der Waals surface area contributed by atoms with Crippen molar-refractivity contribution in [2.75, 3.05) is 11.9 Å². The summed E-state index contributed by atoms with van der Waals surface area (Å²) in [5.41, 5.74) is 1.83. The lowest BCUT2D eigenvalue weighted by atomic mass is 9.85. The summed E-state index contributed by atoms with van der Waals surface area (Å²) < 4.78 is 0. The number of anilines is 1. The second-order valence-electron chi connectivity index (χ2n) is 5.34. The van der Waals surface area contributed by atoms with Crippen LogP contribution in [0.4, 0.5) is 5.95 Å². The minimum Gasteiger partial charge on any atom is -0.353 e. The summed E-state index contributed by atoms with van der Waals surface area (Å²) in [5.74, 6) is 2.57. The van der Waals surface area contributed by atoms with Gasteiger partial charge in [0.2, 0.25) is 5.95 Å². The summed E-state index contributed by atoms with van der Waals surface area (Å²) in [5, 5.41) is 11.4. The van der Waals surface area contributed by atoms with E-state index in [9.17, 15) is 0 Å². The van der Waals surface area contributed by atoms with Crippen molar-refractivity contribution in [3.63, 3.8) is 0 Å². The maximum Gasteiger partial charge on any atom is 0.242 e. The maximum atomic E-state index is 4.38. The fourth-order valence-corrected chi connectivity index (χ4v) is 1.98. The zero-order chi connectivity index (χ0) is 13.0. The highest BCUT2D eigenvalue weighted by atomic mass is 15.2. The number of aromatic nitrogens is 3. The Morgan fingerprint density at radius 3 is 2.00 bits per heavy atom. The third-order valence-corrected chi connectivity index (χ3v) is 3.30. The number of aryl methyl sites for hydroxylation is 2. The fraction of sp³-hybridized carbons (Fsp3) is 0.769. The summed E-state index contributed by atoms with van der Waals surface area (Å²) in [6, 6.07) is 0. The van der Waals surface area contributed by atoms with Crippen molar-refractivity contribution in [1.29, 1.82) is 0 Å². The molecule has 0 radical (unpaired) electrons. The fourth-order valence-electron chi connectivity index (χ4n) is 1.98. The van der Waals surface area contributed by atoms with E-state index in [1.807, 2.05) is 13.8 Å². The Labute approximate surface area is 104 Å². The van der Waals surface area contributed by atoms with Crippen LogP contribution in [0.3, 0.4) is 0 Å². The van der Waals surface area contributed by atoms with E-state index in [1.54, 1.807) is 0 Å². The minimum atomic E-state index is 0.625. The van der Waals surface area contributed by atoms with Crippen molar-refractivity contribution in [2.24, 2.45) is 17.8 Å². The van der Waals surface area contributed by atoms with Crippen LogP contribution in [0.1, 0.15) is 39.1 Å². The topological polar surface area (TPSA) is 50.7 Å². The predicted molar refractivity (Wildman–Crippen MR) is 71.0 cm³/mol. The molecule has 0 bridgehead atoms.